The van der Waals surface area contributed by atoms with Crippen molar-refractivity contribution in [2.75, 3.05) is 9.80 Å². The lowest BCUT2D eigenvalue weighted by molar-refractivity contribution is 0.670. The molecule has 0 amide bonds. The van der Waals surface area contributed by atoms with Crippen LogP contribution in [0.15, 0.2) is 150 Å². The molecule has 0 fully saturated rings. The van der Waals surface area contributed by atoms with E-state index in [0.717, 1.165) is 55.5 Å². The van der Waals surface area contributed by atoms with Crippen molar-refractivity contribution in [3.05, 3.63) is 179 Å². The number of aryl methyl sites for hydroxylation is 6. The monoisotopic (exact) mass is 686 g/mol. The van der Waals surface area contributed by atoms with Gasteiger partial charge in [-0.3, -0.25) is 0 Å². The van der Waals surface area contributed by atoms with E-state index in [1.165, 1.54) is 55.5 Å². The van der Waals surface area contributed by atoms with Crippen LogP contribution in [0.1, 0.15) is 33.4 Å². The number of rotatable bonds is 6. The first-order chi connectivity index (χ1) is 25.7. The number of hydrogen-bond donors (Lipinski definition) is 0. The zero-order valence-corrected chi connectivity index (χ0v) is 31.2. The molecule has 8 aromatic carbocycles. The van der Waals surface area contributed by atoms with Gasteiger partial charge in [-0.15, -0.1) is 0 Å². The van der Waals surface area contributed by atoms with Crippen molar-refractivity contribution in [2.45, 2.75) is 41.5 Å². The minimum Gasteiger partial charge on any atom is -0.456 e. The van der Waals surface area contributed by atoms with E-state index in [1.54, 1.807) is 0 Å². The SMILES string of the molecule is Cc1cc(C)cc(N(c2ccc3cc4c(cc3c2)oc2cc3cc(N(c5cc(C)cc(C)c5)c5ccccc5C)ccc3cc24)c2ccccc2C)c1. The van der Waals surface area contributed by atoms with E-state index in [4.69, 9.17) is 4.42 Å². The van der Waals surface area contributed by atoms with Crippen LogP contribution >= 0.6 is 0 Å². The minimum absolute atomic E-state index is 0.894. The molecule has 0 saturated carbocycles. The number of nitrogens with zero attached hydrogens (tertiary/aromatic N) is 2. The second-order valence-electron chi connectivity index (χ2n) is 14.8. The molecule has 1 heterocycles. The van der Waals surface area contributed by atoms with E-state index in [2.05, 4.69) is 197 Å². The molecule has 3 nitrogen and oxygen atoms in total. The van der Waals surface area contributed by atoms with Crippen LogP contribution in [0.2, 0.25) is 0 Å². The van der Waals surface area contributed by atoms with E-state index < -0.39 is 0 Å². The predicted molar refractivity (Wildman–Crippen MR) is 227 cm³/mol. The van der Waals surface area contributed by atoms with Crippen LogP contribution in [0, 0.1) is 41.5 Å². The molecule has 0 aliphatic rings. The lowest BCUT2D eigenvalue weighted by Gasteiger charge is -2.28. The summed E-state index contributed by atoms with van der Waals surface area (Å²) in [7, 11) is 0. The number of fused-ring (bicyclic) bond motifs is 5. The van der Waals surface area contributed by atoms with Crippen molar-refractivity contribution >= 4 is 77.6 Å². The molecule has 3 heteroatoms. The zero-order chi connectivity index (χ0) is 36.4. The Kier molecular flexibility index (Phi) is 7.82. The smallest absolute Gasteiger partial charge is 0.136 e. The first-order valence-electron chi connectivity index (χ1n) is 18.4. The van der Waals surface area contributed by atoms with Gasteiger partial charge in [0, 0.05) is 44.9 Å². The van der Waals surface area contributed by atoms with Gasteiger partial charge in [-0.25, -0.2) is 0 Å². The van der Waals surface area contributed by atoms with Crippen molar-refractivity contribution in [1.82, 2.24) is 0 Å². The molecular weight excluding hydrogens is 645 g/mol. The Bertz CT molecular complexity index is 2640. The molecule has 0 aliphatic carbocycles. The van der Waals surface area contributed by atoms with Crippen molar-refractivity contribution < 1.29 is 4.42 Å². The largest absolute Gasteiger partial charge is 0.456 e. The molecule has 258 valence electrons. The Morgan fingerprint density at radius 2 is 0.736 bits per heavy atom. The molecule has 0 spiro atoms. The fraction of sp³-hybridized carbons (Fsp3) is 0.120. The number of para-hydroxylation sites is 2. The summed E-state index contributed by atoms with van der Waals surface area (Å²) >= 11 is 0. The van der Waals surface area contributed by atoms with Gasteiger partial charge in [0.05, 0.1) is 0 Å². The predicted octanol–water partition coefficient (Wildman–Crippen LogP) is 14.7. The van der Waals surface area contributed by atoms with Gasteiger partial charge in [0.25, 0.3) is 0 Å². The van der Waals surface area contributed by atoms with E-state index in [9.17, 15) is 0 Å². The van der Waals surface area contributed by atoms with E-state index in [-0.39, 0.29) is 0 Å². The maximum atomic E-state index is 6.68. The van der Waals surface area contributed by atoms with Gasteiger partial charge in [0.2, 0.25) is 0 Å². The second-order valence-corrected chi connectivity index (χ2v) is 14.8. The Hall–Kier alpha value is -6.32. The third kappa shape index (κ3) is 5.89. The lowest BCUT2D eigenvalue weighted by Crippen LogP contribution is -2.11. The summed E-state index contributed by atoms with van der Waals surface area (Å²) in [6, 6.07) is 53.3. The number of furan rings is 1. The highest BCUT2D eigenvalue weighted by Crippen LogP contribution is 2.42. The topological polar surface area (TPSA) is 19.6 Å². The lowest BCUT2D eigenvalue weighted by atomic mass is 10.0. The normalized spacial score (nSPS) is 11.6. The molecular formula is C50H42N2O. The third-order valence-electron chi connectivity index (χ3n) is 10.5. The Morgan fingerprint density at radius 3 is 1.13 bits per heavy atom. The minimum atomic E-state index is 0.894. The molecule has 0 N–H and O–H groups in total. The summed E-state index contributed by atoms with van der Waals surface area (Å²) in [5, 5.41) is 6.93. The molecule has 53 heavy (non-hydrogen) atoms. The maximum absolute atomic E-state index is 6.68. The second kappa shape index (κ2) is 12.7. The zero-order valence-electron chi connectivity index (χ0n) is 31.2. The molecule has 0 unspecified atom stereocenters. The molecule has 0 aliphatic heterocycles. The first-order valence-corrected chi connectivity index (χ1v) is 18.4. The first kappa shape index (κ1) is 32.6. The van der Waals surface area contributed by atoms with Crippen LogP contribution in [0.3, 0.4) is 0 Å². The summed E-state index contributed by atoms with van der Waals surface area (Å²) in [6.45, 7) is 13.0. The van der Waals surface area contributed by atoms with Crippen LogP contribution in [0.5, 0.6) is 0 Å². The van der Waals surface area contributed by atoms with Crippen LogP contribution in [-0.2, 0) is 0 Å². The van der Waals surface area contributed by atoms with Crippen LogP contribution in [-0.4, -0.2) is 0 Å². The van der Waals surface area contributed by atoms with Gasteiger partial charge in [-0.2, -0.15) is 0 Å². The fourth-order valence-electron chi connectivity index (χ4n) is 8.16. The van der Waals surface area contributed by atoms with Gasteiger partial charge in [-0.05, 0) is 181 Å². The Labute approximate surface area is 311 Å². The van der Waals surface area contributed by atoms with Crippen molar-refractivity contribution in [1.29, 1.82) is 0 Å². The molecule has 0 atom stereocenters. The van der Waals surface area contributed by atoms with Gasteiger partial charge in [0.1, 0.15) is 11.2 Å². The average Bonchev–Trinajstić information content (AvgIpc) is 3.46. The van der Waals surface area contributed by atoms with E-state index >= 15 is 0 Å². The summed E-state index contributed by atoms with van der Waals surface area (Å²) < 4.78 is 6.68. The molecule has 0 bridgehead atoms. The van der Waals surface area contributed by atoms with Crippen LogP contribution in [0.25, 0.3) is 43.5 Å². The van der Waals surface area contributed by atoms with Gasteiger partial charge in [-0.1, -0.05) is 60.7 Å². The van der Waals surface area contributed by atoms with E-state index in [1.807, 2.05) is 0 Å². The highest BCUT2D eigenvalue weighted by molar-refractivity contribution is 6.14. The van der Waals surface area contributed by atoms with Crippen molar-refractivity contribution in [2.24, 2.45) is 0 Å². The summed E-state index contributed by atoms with van der Waals surface area (Å²) in [5.41, 5.74) is 16.1. The number of hydrogen-bond acceptors (Lipinski definition) is 3. The van der Waals surface area contributed by atoms with Gasteiger partial charge >= 0.3 is 0 Å². The summed E-state index contributed by atoms with van der Waals surface area (Å²) in [4.78, 5) is 4.75. The Morgan fingerprint density at radius 1 is 0.340 bits per heavy atom. The van der Waals surface area contributed by atoms with Crippen molar-refractivity contribution in [3.8, 4) is 0 Å². The maximum Gasteiger partial charge on any atom is 0.136 e. The third-order valence-corrected chi connectivity index (χ3v) is 10.5. The van der Waals surface area contributed by atoms with E-state index in [0.29, 0.717) is 0 Å². The molecule has 9 rings (SSSR count). The molecule has 0 radical (unpaired) electrons. The summed E-state index contributed by atoms with van der Waals surface area (Å²) in [5.74, 6) is 0. The molecule has 0 saturated heterocycles. The molecule has 1 aromatic heterocycles. The van der Waals surface area contributed by atoms with Crippen LogP contribution < -0.4 is 9.80 Å². The van der Waals surface area contributed by atoms with Gasteiger partial charge < -0.3 is 14.2 Å². The van der Waals surface area contributed by atoms with Crippen molar-refractivity contribution in [3.63, 3.8) is 0 Å². The molecule has 9 aromatic rings. The Balaban J connectivity index is 1.17. The highest BCUT2D eigenvalue weighted by Gasteiger charge is 2.19. The number of benzene rings is 8. The highest BCUT2D eigenvalue weighted by atomic mass is 16.3. The number of anilines is 6. The standard InChI is InChI=1S/C50H42N2O/c1-31-19-32(2)22-43(21-31)51(47-13-9-7-11-35(47)5)41-17-15-37-27-45-46-28-38-16-18-42(26-40(38)30-50(46)53-49(45)29-39(37)25-41)52(48-14-10-8-12-36(48)6)44-23-33(3)20-34(4)24-44/h7-30H,1-6H3. The van der Waals surface area contributed by atoms with Crippen LogP contribution in [0.4, 0.5) is 34.1 Å². The quantitative estimate of drug-likeness (QED) is 0.174. The average molecular weight is 687 g/mol. The fourth-order valence-corrected chi connectivity index (χ4v) is 8.16. The van der Waals surface area contributed by atoms with Gasteiger partial charge in [0.15, 0.2) is 0 Å². The summed E-state index contributed by atoms with van der Waals surface area (Å²) in [6.07, 6.45) is 0.